The van der Waals surface area contributed by atoms with Crippen molar-refractivity contribution in [3.05, 3.63) is 60.2 Å². The predicted molar refractivity (Wildman–Crippen MR) is 74.4 cm³/mol. The van der Waals surface area contributed by atoms with Gasteiger partial charge in [0, 0.05) is 5.56 Å². The first-order valence-electron chi connectivity index (χ1n) is 5.92. The van der Waals surface area contributed by atoms with Crippen LogP contribution < -0.4 is 0 Å². The van der Waals surface area contributed by atoms with Crippen LogP contribution in [0.3, 0.4) is 0 Å². The van der Waals surface area contributed by atoms with Crippen LogP contribution in [-0.4, -0.2) is 6.29 Å². The lowest BCUT2D eigenvalue weighted by molar-refractivity contribution is 0.112. The summed E-state index contributed by atoms with van der Waals surface area (Å²) in [5.74, 6) is 0. The van der Waals surface area contributed by atoms with E-state index in [2.05, 4.69) is 42.5 Å². The van der Waals surface area contributed by atoms with Crippen LogP contribution in [0, 0.1) is 6.07 Å². The van der Waals surface area contributed by atoms with Gasteiger partial charge in [0.1, 0.15) is 0 Å². The molecule has 0 saturated carbocycles. The molecule has 1 heteroatoms. The maximum atomic E-state index is 11.1. The van der Waals surface area contributed by atoms with Gasteiger partial charge in [-0.05, 0) is 44.5 Å². The van der Waals surface area contributed by atoms with Gasteiger partial charge < -0.3 is 0 Å². The smallest absolute Gasteiger partial charge is 0.151 e. The molecule has 0 bridgehead atoms. The lowest BCUT2D eigenvalue weighted by atomic mass is 9.92. The summed E-state index contributed by atoms with van der Waals surface area (Å²) in [6, 6.07) is 19.5. The highest BCUT2D eigenvalue weighted by atomic mass is 16.1. The van der Waals surface area contributed by atoms with Crippen molar-refractivity contribution in [2.75, 3.05) is 0 Å². The minimum atomic E-state index is 0.640. The fraction of sp³-hybridized carbons (Fsp3) is 0. The Kier molecular flexibility index (Phi) is 1.76. The molecule has 0 aliphatic heterocycles. The minimum absolute atomic E-state index is 0.640. The maximum absolute atomic E-state index is 11.1. The monoisotopic (exact) mass is 229 g/mol. The molecule has 0 heterocycles. The number of benzene rings is 4. The van der Waals surface area contributed by atoms with E-state index in [-0.39, 0.29) is 0 Å². The molecular weight excluding hydrogens is 220 g/mol. The van der Waals surface area contributed by atoms with Gasteiger partial charge in [-0.25, -0.2) is 0 Å². The van der Waals surface area contributed by atoms with E-state index >= 15 is 0 Å². The van der Waals surface area contributed by atoms with Crippen molar-refractivity contribution < 1.29 is 4.79 Å². The van der Waals surface area contributed by atoms with Gasteiger partial charge in [0.25, 0.3) is 0 Å². The molecule has 1 nitrogen and oxygen atoms in total. The molecule has 0 fully saturated rings. The van der Waals surface area contributed by atoms with E-state index in [0.29, 0.717) is 5.56 Å². The first kappa shape index (κ1) is 9.60. The second kappa shape index (κ2) is 3.30. The maximum Gasteiger partial charge on any atom is 0.151 e. The molecule has 0 amide bonds. The highest BCUT2D eigenvalue weighted by Crippen LogP contribution is 2.35. The standard InChI is InChI=1S/C17H9O/c18-10-14-7-6-13-5-4-11-2-1-3-12-8-9-15(14)17(13)16(11)12/h1-6,8-10H. The van der Waals surface area contributed by atoms with Gasteiger partial charge in [-0.15, -0.1) is 0 Å². The largest absolute Gasteiger partial charge is 0.298 e. The Hall–Kier alpha value is -2.41. The number of aldehydes is 1. The van der Waals surface area contributed by atoms with E-state index < -0.39 is 0 Å². The molecule has 4 aromatic rings. The van der Waals surface area contributed by atoms with Crippen molar-refractivity contribution >= 4 is 38.6 Å². The van der Waals surface area contributed by atoms with E-state index in [0.717, 1.165) is 17.1 Å². The Bertz CT molecular complexity index is 874. The minimum Gasteiger partial charge on any atom is -0.298 e. The molecule has 18 heavy (non-hydrogen) atoms. The molecule has 4 rings (SSSR count). The quantitative estimate of drug-likeness (QED) is 0.353. The Balaban J connectivity index is 2.43. The molecule has 0 aromatic heterocycles. The molecular formula is C17H9O. The van der Waals surface area contributed by atoms with E-state index in [1.165, 1.54) is 21.5 Å². The van der Waals surface area contributed by atoms with Gasteiger partial charge in [0.15, 0.2) is 6.29 Å². The van der Waals surface area contributed by atoms with E-state index in [1.54, 1.807) is 0 Å². The third kappa shape index (κ3) is 1.08. The van der Waals surface area contributed by atoms with Gasteiger partial charge in [0.2, 0.25) is 0 Å². The first-order chi connectivity index (χ1) is 8.88. The summed E-state index contributed by atoms with van der Waals surface area (Å²) in [6.07, 6.45) is 0.881. The lowest BCUT2D eigenvalue weighted by Gasteiger charge is -2.11. The Morgan fingerprint density at radius 1 is 0.833 bits per heavy atom. The van der Waals surface area contributed by atoms with Crippen molar-refractivity contribution in [2.24, 2.45) is 0 Å². The average Bonchev–Trinajstić information content (AvgIpc) is 2.44. The summed E-state index contributed by atoms with van der Waals surface area (Å²) in [5.41, 5.74) is 0.640. The summed E-state index contributed by atoms with van der Waals surface area (Å²) < 4.78 is 0. The van der Waals surface area contributed by atoms with Gasteiger partial charge in [-0.3, -0.25) is 4.79 Å². The Morgan fingerprint density at radius 3 is 2.33 bits per heavy atom. The first-order valence-corrected chi connectivity index (χ1v) is 5.92. The molecule has 1 radical (unpaired) electrons. The van der Waals surface area contributed by atoms with Gasteiger partial charge in [-0.1, -0.05) is 42.5 Å². The number of hydrogen-bond acceptors (Lipinski definition) is 1. The summed E-state index contributed by atoms with van der Waals surface area (Å²) >= 11 is 0. The highest BCUT2D eigenvalue weighted by Gasteiger charge is 2.09. The molecule has 0 aliphatic carbocycles. The Morgan fingerprint density at radius 2 is 1.56 bits per heavy atom. The number of carbonyl (C=O) groups excluding carboxylic acids is 1. The fourth-order valence-corrected chi connectivity index (χ4v) is 2.78. The molecule has 83 valence electrons. The Labute approximate surface area is 104 Å². The lowest BCUT2D eigenvalue weighted by Crippen LogP contribution is -1.88. The highest BCUT2D eigenvalue weighted by molar-refractivity contribution is 6.25. The summed E-state index contributed by atoms with van der Waals surface area (Å²) in [6.45, 7) is 0. The van der Waals surface area contributed by atoms with Crippen LogP contribution in [0.2, 0.25) is 0 Å². The van der Waals surface area contributed by atoms with Crippen LogP contribution in [0.1, 0.15) is 10.4 Å². The van der Waals surface area contributed by atoms with Gasteiger partial charge in [0.05, 0.1) is 0 Å². The third-order valence-electron chi connectivity index (χ3n) is 3.60. The van der Waals surface area contributed by atoms with E-state index in [1.807, 2.05) is 12.1 Å². The zero-order valence-corrected chi connectivity index (χ0v) is 9.60. The van der Waals surface area contributed by atoms with Crippen molar-refractivity contribution in [3.8, 4) is 0 Å². The van der Waals surface area contributed by atoms with Crippen LogP contribution in [-0.2, 0) is 0 Å². The van der Waals surface area contributed by atoms with E-state index in [9.17, 15) is 4.79 Å². The van der Waals surface area contributed by atoms with Crippen LogP contribution in [0.25, 0.3) is 32.3 Å². The van der Waals surface area contributed by atoms with Crippen LogP contribution >= 0.6 is 0 Å². The molecule has 4 aromatic carbocycles. The van der Waals surface area contributed by atoms with Crippen molar-refractivity contribution in [3.63, 3.8) is 0 Å². The van der Waals surface area contributed by atoms with E-state index in [4.69, 9.17) is 0 Å². The zero-order valence-electron chi connectivity index (χ0n) is 9.60. The van der Waals surface area contributed by atoms with Crippen LogP contribution in [0.4, 0.5) is 0 Å². The predicted octanol–water partition coefficient (Wildman–Crippen LogP) is 4.20. The molecule has 0 unspecified atom stereocenters. The summed E-state index contributed by atoms with van der Waals surface area (Å²) in [4.78, 5) is 11.1. The second-order valence-electron chi connectivity index (χ2n) is 4.54. The molecule has 0 saturated heterocycles. The zero-order chi connectivity index (χ0) is 12.1. The average molecular weight is 229 g/mol. The second-order valence-corrected chi connectivity index (χ2v) is 4.54. The SMILES string of the molecule is O=Cc1[c]cc2ccc3cccc4ccc1c2c34. The third-order valence-corrected chi connectivity index (χ3v) is 3.60. The molecule has 0 aliphatic rings. The van der Waals surface area contributed by atoms with Gasteiger partial charge >= 0.3 is 0 Å². The van der Waals surface area contributed by atoms with Gasteiger partial charge in [-0.2, -0.15) is 0 Å². The summed E-state index contributed by atoms with van der Waals surface area (Å²) in [5, 5.41) is 6.98. The molecule has 0 N–H and O–H groups in total. The topological polar surface area (TPSA) is 17.1 Å². The van der Waals surface area contributed by atoms with Crippen molar-refractivity contribution in [2.45, 2.75) is 0 Å². The number of carbonyl (C=O) groups is 1. The normalized spacial score (nSPS) is 11.6. The fourth-order valence-electron chi connectivity index (χ4n) is 2.78. The molecule has 0 atom stereocenters. The van der Waals surface area contributed by atoms with Crippen LogP contribution in [0.15, 0.2) is 48.5 Å². The van der Waals surface area contributed by atoms with Crippen molar-refractivity contribution in [1.29, 1.82) is 0 Å². The summed E-state index contributed by atoms with van der Waals surface area (Å²) in [7, 11) is 0. The van der Waals surface area contributed by atoms with Crippen LogP contribution in [0.5, 0.6) is 0 Å². The number of hydrogen-bond donors (Lipinski definition) is 0. The molecule has 0 spiro atoms. The van der Waals surface area contributed by atoms with Crippen molar-refractivity contribution in [1.82, 2.24) is 0 Å². The number of rotatable bonds is 1.